The first-order valence-corrected chi connectivity index (χ1v) is 11.7. The third-order valence-electron chi connectivity index (χ3n) is 6.06. The van der Waals surface area contributed by atoms with Crippen molar-refractivity contribution in [2.24, 2.45) is 0 Å². The van der Waals surface area contributed by atoms with Crippen molar-refractivity contribution in [2.75, 3.05) is 20.3 Å². The Kier molecular flexibility index (Phi) is 7.51. The molecule has 6 nitrogen and oxygen atoms in total. The van der Waals surface area contributed by atoms with Gasteiger partial charge in [-0.1, -0.05) is 49.4 Å². The van der Waals surface area contributed by atoms with Crippen LogP contribution < -0.4 is 9.47 Å². The second-order valence-electron chi connectivity index (χ2n) is 8.37. The van der Waals surface area contributed by atoms with E-state index in [0.717, 1.165) is 17.5 Å². The van der Waals surface area contributed by atoms with Gasteiger partial charge in [0.2, 0.25) is 0 Å². The van der Waals surface area contributed by atoms with Crippen LogP contribution in [0.1, 0.15) is 36.1 Å². The van der Waals surface area contributed by atoms with E-state index in [9.17, 15) is 14.7 Å². The molecule has 3 aromatic carbocycles. The molecule has 6 heteroatoms. The highest BCUT2D eigenvalue weighted by atomic mass is 16.5. The average Bonchev–Trinajstić information content (AvgIpc) is 3.16. The van der Waals surface area contributed by atoms with Gasteiger partial charge in [0.1, 0.15) is 17.3 Å². The lowest BCUT2D eigenvalue weighted by atomic mass is 9.95. The summed E-state index contributed by atoms with van der Waals surface area (Å²) in [6.45, 7) is 2.96. The van der Waals surface area contributed by atoms with Gasteiger partial charge in [0.15, 0.2) is 0 Å². The Morgan fingerprint density at radius 2 is 1.57 bits per heavy atom. The highest BCUT2D eigenvalue weighted by Gasteiger charge is 2.45. The number of benzene rings is 3. The standard InChI is InChI=1S/C29H29NO5/c1-3-19-35-24-15-11-22(12-16-24)27(31)25-26(21-9-13-23(34-2)14-10-21)30(29(33)28(25)32)18-17-20-7-5-4-6-8-20/h4-16,26,31H,3,17-19H2,1-2H3/b27-25+. The van der Waals surface area contributed by atoms with Crippen LogP contribution in [0.2, 0.25) is 0 Å². The maximum atomic E-state index is 13.2. The minimum Gasteiger partial charge on any atom is -0.507 e. The van der Waals surface area contributed by atoms with E-state index in [1.54, 1.807) is 48.4 Å². The van der Waals surface area contributed by atoms with Gasteiger partial charge < -0.3 is 19.5 Å². The van der Waals surface area contributed by atoms with Crippen molar-refractivity contribution in [3.8, 4) is 11.5 Å². The summed E-state index contributed by atoms with van der Waals surface area (Å²) in [6.07, 6.45) is 1.47. The van der Waals surface area contributed by atoms with Gasteiger partial charge in [-0.2, -0.15) is 0 Å². The molecule has 4 rings (SSSR count). The molecule has 1 aliphatic heterocycles. The van der Waals surface area contributed by atoms with Crippen LogP contribution in [0.15, 0.2) is 84.4 Å². The highest BCUT2D eigenvalue weighted by Crippen LogP contribution is 2.40. The number of ether oxygens (including phenoxy) is 2. The maximum Gasteiger partial charge on any atom is 0.295 e. The molecular weight excluding hydrogens is 442 g/mol. The second kappa shape index (κ2) is 10.9. The summed E-state index contributed by atoms with van der Waals surface area (Å²) in [5, 5.41) is 11.2. The first-order chi connectivity index (χ1) is 17.0. The summed E-state index contributed by atoms with van der Waals surface area (Å²) >= 11 is 0. The molecule has 0 aromatic heterocycles. The number of hydrogen-bond donors (Lipinski definition) is 1. The Morgan fingerprint density at radius 3 is 2.20 bits per heavy atom. The van der Waals surface area contributed by atoms with Crippen molar-refractivity contribution in [1.29, 1.82) is 0 Å². The number of carbonyl (C=O) groups is 2. The van der Waals surface area contributed by atoms with Crippen LogP contribution in [0, 0.1) is 0 Å². The third-order valence-corrected chi connectivity index (χ3v) is 6.06. The van der Waals surface area contributed by atoms with Crippen molar-refractivity contribution in [3.05, 3.63) is 101 Å². The quantitative estimate of drug-likeness (QED) is 0.265. The number of aliphatic hydroxyl groups excluding tert-OH is 1. The van der Waals surface area contributed by atoms with E-state index in [4.69, 9.17) is 9.47 Å². The van der Waals surface area contributed by atoms with E-state index in [1.807, 2.05) is 49.4 Å². The van der Waals surface area contributed by atoms with E-state index >= 15 is 0 Å². The summed E-state index contributed by atoms with van der Waals surface area (Å²) < 4.78 is 10.9. The van der Waals surface area contributed by atoms with Crippen LogP contribution in [-0.2, 0) is 16.0 Å². The fourth-order valence-corrected chi connectivity index (χ4v) is 4.22. The normalized spacial score (nSPS) is 17.0. The molecule has 1 saturated heterocycles. The Labute approximate surface area is 205 Å². The van der Waals surface area contributed by atoms with E-state index in [-0.39, 0.29) is 11.3 Å². The zero-order valence-electron chi connectivity index (χ0n) is 19.9. The molecule has 0 bridgehead atoms. The Bertz CT molecular complexity index is 1200. The molecule has 1 aliphatic rings. The van der Waals surface area contributed by atoms with Crippen molar-refractivity contribution < 1.29 is 24.2 Å². The first-order valence-electron chi connectivity index (χ1n) is 11.7. The van der Waals surface area contributed by atoms with Crippen LogP contribution in [0.3, 0.4) is 0 Å². The zero-order chi connectivity index (χ0) is 24.8. The molecule has 0 spiro atoms. The van der Waals surface area contributed by atoms with E-state index in [0.29, 0.717) is 36.6 Å². The average molecular weight is 472 g/mol. The van der Waals surface area contributed by atoms with Crippen molar-refractivity contribution >= 4 is 17.4 Å². The Morgan fingerprint density at radius 1 is 0.914 bits per heavy atom. The van der Waals surface area contributed by atoms with Gasteiger partial charge >= 0.3 is 0 Å². The number of rotatable bonds is 9. The number of Topliss-reactive ketones (excluding diaryl/α,β-unsaturated/α-hetero) is 1. The molecule has 0 radical (unpaired) electrons. The second-order valence-corrected chi connectivity index (χ2v) is 8.37. The largest absolute Gasteiger partial charge is 0.507 e. The summed E-state index contributed by atoms with van der Waals surface area (Å²) in [4.78, 5) is 27.9. The number of aliphatic hydroxyl groups is 1. The van der Waals surface area contributed by atoms with Gasteiger partial charge in [0.05, 0.1) is 25.3 Å². The molecule has 180 valence electrons. The van der Waals surface area contributed by atoms with Crippen LogP contribution in [-0.4, -0.2) is 42.0 Å². The molecule has 35 heavy (non-hydrogen) atoms. The Balaban J connectivity index is 1.72. The van der Waals surface area contributed by atoms with Crippen LogP contribution in [0.5, 0.6) is 11.5 Å². The number of likely N-dealkylation sites (tertiary alicyclic amines) is 1. The summed E-state index contributed by atoms with van der Waals surface area (Å²) in [7, 11) is 1.58. The SMILES string of the molecule is CCCOc1ccc(/C(O)=C2\C(=O)C(=O)N(CCc3ccccc3)C2c2ccc(OC)cc2)cc1. The highest BCUT2D eigenvalue weighted by molar-refractivity contribution is 6.46. The predicted molar refractivity (Wildman–Crippen MR) is 134 cm³/mol. The van der Waals surface area contributed by atoms with Gasteiger partial charge in [-0.15, -0.1) is 0 Å². The minimum atomic E-state index is -0.708. The molecule has 1 heterocycles. The third kappa shape index (κ3) is 5.22. The smallest absolute Gasteiger partial charge is 0.295 e. The summed E-state index contributed by atoms with van der Waals surface area (Å²) in [5.74, 6) is -0.168. The fourth-order valence-electron chi connectivity index (χ4n) is 4.22. The number of ketones is 1. The molecule has 1 amide bonds. The van der Waals surface area contributed by atoms with Crippen molar-refractivity contribution in [3.63, 3.8) is 0 Å². The van der Waals surface area contributed by atoms with Crippen LogP contribution in [0.4, 0.5) is 0 Å². The van der Waals surface area contributed by atoms with Gasteiger partial charge in [0, 0.05) is 12.1 Å². The zero-order valence-corrected chi connectivity index (χ0v) is 19.9. The molecule has 3 aromatic rings. The van der Waals surface area contributed by atoms with Crippen LogP contribution in [0.25, 0.3) is 5.76 Å². The topological polar surface area (TPSA) is 76.1 Å². The minimum absolute atomic E-state index is 0.0791. The van der Waals surface area contributed by atoms with Gasteiger partial charge in [-0.05, 0) is 60.4 Å². The predicted octanol–water partition coefficient (Wildman–Crippen LogP) is 5.15. The fraction of sp³-hybridized carbons (Fsp3) is 0.241. The van der Waals surface area contributed by atoms with E-state index in [2.05, 4.69) is 0 Å². The first kappa shape index (κ1) is 24.1. The molecular formula is C29H29NO5. The number of amides is 1. The molecule has 1 unspecified atom stereocenters. The summed E-state index contributed by atoms with van der Waals surface area (Å²) in [5.41, 5.74) is 2.32. The number of methoxy groups -OCH3 is 1. The molecule has 1 N–H and O–H groups in total. The Hall–Kier alpha value is -4.06. The van der Waals surface area contributed by atoms with Gasteiger partial charge in [-0.3, -0.25) is 9.59 Å². The van der Waals surface area contributed by atoms with Gasteiger partial charge in [-0.25, -0.2) is 0 Å². The monoisotopic (exact) mass is 471 g/mol. The lowest BCUT2D eigenvalue weighted by Crippen LogP contribution is -2.31. The number of nitrogens with zero attached hydrogens (tertiary/aromatic N) is 1. The van der Waals surface area contributed by atoms with Crippen molar-refractivity contribution in [1.82, 2.24) is 4.90 Å². The lowest BCUT2D eigenvalue weighted by molar-refractivity contribution is -0.139. The maximum absolute atomic E-state index is 13.2. The molecule has 0 aliphatic carbocycles. The molecule has 1 fully saturated rings. The van der Waals surface area contributed by atoms with Gasteiger partial charge in [0.25, 0.3) is 11.7 Å². The van der Waals surface area contributed by atoms with Crippen LogP contribution >= 0.6 is 0 Å². The lowest BCUT2D eigenvalue weighted by Gasteiger charge is -2.25. The number of carbonyl (C=O) groups excluding carboxylic acids is 2. The van der Waals surface area contributed by atoms with E-state index < -0.39 is 17.7 Å². The van der Waals surface area contributed by atoms with Crippen molar-refractivity contribution in [2.45, 2.75) is 25.8 Å². The van der Waals surface area contributed by atoms with E-state index in [1.165, 1.54) is 0 Å². The summed E-state index contributed by atoms with van der Waals surface area (Å²) in [6, 6.07) is 23.2. The molecule has 0 saturated carbocycles. The number of hydrogen-bond acceptors (Lipinski definition) is 5. The molecule has 1 atom stereocenters.